The highest BCUT2D eigenvalue weighted by Gasteiger charge is 2.50. The Bertz CT molecular complexity index is 1030. The van der Waals surface area contributed by atoms with Gasteiger partial charge in [0, 0.05) is 32.2 Å². The molecule has 0 bridgehead atoms. The fourth-order valence-corrected chi connectivity index (χ4v) is 3.81. The van der Waals surface area contributed by atoms with Crippen LogP contribution in [0.1, 0.15) is 37.7 Å². The lowest BCUT2D eigenvalue weighted by atomic mass is 9.89. The molecule has 31 heavy (non-hydrogen) atoms. The van der Waals surface area contributed by atoms with Crippen LogP contribution in [0, 0.1) is 19.3 Å². The number of halogens is 1. The first-order valence-corrected chi connectivity index (χ1v) is 10.4. The van der Waals surface area contributed by atoms with Gasteiger partial charge in [0.15, 0.2) is 0 Å². The van der Waals surface area contributed by atoms with Gasteiger partial charge in [0.2, 0.25) is 5.67 Å². The van der Waals surface area contributed by atoms with Crippen molar-refractivity contribution >= 4 is 18.7 Å². The number of hydrogen-bond acceptors (Lipinski definition) is 4. The van der Waals surface area contributed by atoms with Crippen molar-refractivity contribution in [2.24, 2.45) is 17.5 Å². The Morgan fingerprint density at radius 1 is 1.35 bits per heavy atom. The fourth-order valence-electron chi connectivity index (χ4n) is 3.81. The molecule has 3 rings (SSSR count). The third kappa shape index (κ3) is 5.10. The summed E-state index contributed by atoms with van der Waals surface area (Å²) in [5.74, 6) is 0.479. The van der Waals surface area contributed by atoms with Crippen molar-refractivity contribution in [1.29, 1.82) is 0 Å². The molecule has 1 amide bonds. The van der Waals surface area contributed by atoms with Gasteiger partial charge in [0.25, 0.3) is 5.91 Å². The van der Waals surface area contributed by atoms with Gasteiger partial charge in [-0.1, -0.05) is 32.9 Å². The van der Waals surface area contributed by atoms with Gasteiger partial charge in [0.05, 0.1) is 11.9 Å². The summed E-state index contributed by atoms with van der Waals surface area (Å²) in [6, 6.07) is 6.03. The lowest BCUT2D eigenvalue weighted by Gasteiger charge is -2.45. The molecule has 0 saturated carbocycles. The largest absolute Gasteiger partial charge is 0.331 e. The Kier molecular flexibility index (Phi) is 6.18. The minimum atomic E-state index is -1.90. The Hall–Kier alpha value is -2.80. The third-order valence-corrected chi connectivity index (χ3v) is 5.55. The number of aliphatic imine (C=N–C) groups is 1. The number of carbonyl (C=O) groups excluding carboxylic acids is 1. The molecule has 1 fully saturated rings. The normalized spacial score (nSPS) is 16.7. The first-order chi connectivity index (χ1) is 14.4. The van der Waals surface area contributed by atoms with E-state index in [2.05, 4.69) is 42.8 Å². The molecule has 1 aliphatic rings. The summed E-state index contributed by atoms with van der Waals surface area (Å²) in [7, 11) is 1.96. The molecular formula is C24H32FN5O. The van der Waals surface area contributed by atoms with Crippen LogP contribution in [-0.4, -0.2) is 52.4 Å². The molecule has 1 saturated heterocycles. The van der Waals surface area contributed by atoms with Crippen molar-refractivity contribution in [1.82, 2.24) is 19.8 Å². The predicted molar refractivity (Wildman–Crippen MR) is 124 cm³/mol. The van der Waals surface area contributed by atoms with Crippen molar-refractivity contribution in [3.63, 3.8) is 0 Å². The number of carbonyl (C=O) groups is 1. The van der Waals surface area contributed by atoms with Crippen LogP contribution < -0.4 is 5.32 Å². The van der Waals surface area contributed by atoms with Crippen LogP contribution in [0.5, 0.6) is 0 Å². The van der Waals surface area contributed by atoms with E-state index >= 15 is 4.39 Å². The van der Waals surface area contributed by atoms with Gasteiger partial charge in [0.1, 0.15) is 11.6 Å². The Morgan fingerprint density at radius 2 is 2.03 bits per heavy atom. The maximum Gasteiger partial charge on any atom is 0.265 e. The number of likely N-dealkylation sites (tertiary alicyclic amines) is 1. The SMILES string of the molecule is C=N/C(=C\c1cc(-c2cnc(C)n2C)ccc1C)NC(=O)C1(F)CN(CC(C)(C)C)C1. The van der Waals surface area contributed by atoms with Crippen molar-refractivity contribution in [2.75, 3.05) is 19.6 Å². The molecule has 1 aromatic heterocycles. The first-order valence-electron chi connectivity index (χ1n) is 10.4. The lowest BCUT2D eigenvalue weighted by Crippen LogP contribution is -2.66. The third-order valence-electron chi connectivity index (χ3n) is 5.55. The number of hydrogen-bond donors (Lipinski definition) is 1. The van der Waals surface area contributed by atoms with Crippen molar-refractivity contribution < 1.29 is 9.18 Å². The smallest absolute Gasteiger partial charge is 0.265 e. The molecule has 0 spiro atoms. The number of rotatable bonds is 6. The zero-order valence-corrected chi connectivity index (χ0v) is 19.3. The van der Waals surface area contributed by atoms with Crippen LogP contribution in [-0.2, 0) is 11.8 Å². The summed E-state index contributed by atoms with van der Waals surface area (Å²) < 4.78 is 17.0. The topological polar surface area (TPSA) is 62.5 Å². The number of amides is 1. The maximum absolute atomic E-state index is 15.0. The molecule has 2 heterocycles. The molecular weight excluding hydrogens is 393 g/mol. The van der Waals surface area contributed by atoms with E-state index in [0.29, 0.717) is 0 Å². The Labute approximate surface area is 183 Å². The Morgan fingerprint density at radius 3 is 2.58 bits per heavy atom. The molecule has 1 aromatic carbocycles. The van der Waals surface area contributed by atoms with E-state index in [-0.39, 0.29) is 24.3 Å². The molecule has 2 aromatic rings. The molecule has 166 valence electrons. The molecule has 0 radical (unpaired) electrons. The van der Waals surface area contributed by atoms with E-state index in [1.165, 1.54) is 0 Å². The van der Waals surface area contributed by atoms with Crippen LogP contribution in [0.3, 0.4) is 0 Å². The van der Waals surface area contributed by atoms with Crippen molar-refractivity contribution in [2.45, 2.75) is 40.3 Å². The average Bonchev–Trinajstić information content (AvgIpc) is 2.99. The second-order valence-corrected chi connectivity index (χ2v) is 9.63. The average molecular weight is 426 g/mol. The van der Waals surface area contributed by atoms with Gasteiger partial charge < -0.3 is 9.88 Å². The number of benzene rings is 1. The number of aromatic nitrogens is 2. The van der Waals surface area contributed by atoms with Crippen molar-refractivity contribution in [3.05, 3.63) is 47.2 Å². The van der Waals surface area contributed by atoms with Gasteiger partial charge in [-0.25, -0.2) is 14.4 Å². The zero-order valence-electron chi connectivity index (χ0n) is 19.3. The highest BCUT2D eigenvalue weighted by atomic mass is 19.1. The summed E-state index contributed by atoms with van der Waals surface area (Å²) in [5, 5.41) is 2.62. The maximum atomic E-state index is 15.0. The zero-order chi connectivity index (χ0) is 23.0. The van der Waals surface area contributed by atoms with E-state index < -0.39 is 11.6 Å². The quantitative estimate of drug-likeness (QED) is 0.715. The number of nitrogens with zero attached hydrogens (tertiary/aromatic N) is 4. The summed E-state index contributed by atoms with van der Waals surface area (Å²) in [4.78, 5) is 22.8. The standard InChI is InChI=1S/C24H32FN5O/c1-16-8-9-18(20-12-27-17(2)29(20)7)10-19(16)11-21(26-6)28-22(31)24(25)14-30(15-24)13-23(3,4)5/h8-12H,6,13-15H2,1-5,7H3,(H,28,31)/b21-11+. The van der Waals surface area contributed by atoms with Crippen LogP contribution in [0.2, 0.25) is 0 Å². The molecule has 0 atom stereocenters. The van der Waals surface area contributed by atoms with Crippen molar-refractivity contribution in [3.8, 4) is 11.3 Å². The van der Waals surface area contributed by atoms with Crippen LogP contribution in [0.25, 0.3) is 17.3 Å². The number of aryl methyl sites for hydroxylation is 2. The minimum absolute atomic E-state index is 0.0560. The summed E-state index contributed by atoms with van der Waals surface area (Å²) in [6.45, 7) is 14.7. The van der Waals surface area contributed by atoms with E-state index in [4.69, 9.17) is 0 Å². The second kappa shape index (κ2) is 8.38. The van der Waals surface area contributed by atoms with Crippen LogP contribution in [0.4, 0.5) is 4.39 Å². The van der Waals surface area contributed by atoms with Gasteiger partial charge in [-0.2, -0.15) is 0 Å². The highest BCUT2D eigenvalue weighted by molar-refractivity contribution is 5.89. The highest BCUT2D eigenvalue weighted by Crippen LogP contribution is 2.30. The first kappa shape index (κ1) is 22.9. The number of alkyl halides is 1. The van der Waals surface area contributed by atoms with Gasteiger partial charge >= 0.3 is 0 Å². The van der Waals surface area contributed by atoms with E-state index in [0.717, 1.165) is 34.8 Å². The monoisotopic (exact) mass is 425 g/mol. The predicted octanol–water partition coefficient (Wildman–Crippen LogP) is 3.89. The molecule has 7 heteroatoms. The molecule has 1 N–H and O–H groups in total. The Balaban J connectivity index is 1.76. The minimum Gasteiger partial charge on any atom is -0.331 e. The summed E-state index contributed by atoms with van der Waals surface area (Å²) in [6.07, 6.45) is 3.55. The van der Waals surface area contributed by atoms with E-state index in [1.54, 1.807) is 6.08 Å². The van der Waals surface area contributed by atoms with Gasteiger partial charge in [-0.15, -0.1) is 0 Å². The second-order valence-electron chi connectivity index (χ2n) is 9.63. The number of imidazole rings is 1. The summed E-state index contributed by atoms with van der Waals surface area (Å²) >= 11 is 0. The van der Waals surface area contributed by atoms with Crippen LogP contribution in [0.15, 0.2) is 35.2 Å². The van der Waals surface area contributed by atoms with Gasteiger partial charge in [-0.05, 0) is 49.2 Å². The van der Waals surface area contributed by atoms with Crippen LogP contribution >= 0.6 is 0 Å². The molecule has 6 nitrogen and oxygen atoms in total. The fraction of sp³-hybridized carbons (Fsp3) is 0.458. The van der Waals surface area contributed by atoms with E-state index in [1.807, 2.05) is 54.8 Å². The van der Waals surface area contributed by atoms with Gasteiger partial charge in [-0.3, -0.25) is 9.69 Å². The summed E-state index contributed by atoms with van der Waals surface area (Å²) in [5.41, 5.74) is 2.01. The van der Waals surface area contributed by atoms with E-state index in [9.17, 15) is 4.79 Å². The lowest BCUT2D eigenvalue weighted by molar-refractivity contribution is -0.145. The molecule has 0 unspecified atom stereocenters. The molecule has 0 aliphatic carbocycles. The number of nitrogens with one attached hydrogen (secondary N) is 1. The molecule has 1 aliphatic heterocycles.